The van der Waals surface area contributed by atoms with Crippen LogP contribution in [0.25, 0.3) is 0 Å². The largest absolute Gasteiger partial charge is 0.388 e. The number of hydrogen-bond acceptors (Lipinski definition) is 1. The van der Waals surface area contributed by atoms with E-state index in [1.54, 1.807) is 0 Å². The molecule has 88 valence electrons. The standard InChI is InChI=1S/C13H12Cl2N2/c1-16-11-4-6-17(7-5-11)9-10-2-3-12(14)13(15)8-10/h2-8H,9H2,1H3/p+1. The van der Waals surface area contributed by atoms with Gasteiger partial charge in [-0.25, -0.2) is 4.57 Å². The zero-order chi connectivity index (χ0) is 12.3. The molecule has 1 N–H and O–H groups in total. The number of anilines is 1. The summed E-state index contributed by atoms with van der Waals surface area (Å²) in [5, 5.41) is 4.27. The van der Waals surface area contributed by atoms with Gasteiger partial charge in [0.25, 0.3) is 0 Å². The molecule has 0 spiro atoms. The molecule has 1 heterocycles. The van der Waals surface area contributed by atoms with Gasteiger partial charge in [0.05, 0.1) is 10.0 Å². The smallest absolute Gasteiger partial charge is 0.173 e. The van der Waals surface area contributed by atoms with Crippen molar-refractivity contribution in [2.75, 3.05) is 12.4 Å². The molecule has 17 heavy (non-hydrogen) atoms. The van der Waals surface area contributed by atoms with Crippen LogP contribution in [0.3, 0.4) is 0 Å². The Morgan fingerprint density at radius 3 is 2.35 bits per heavy atom. The SMILES string of the molecule is CNc1cc[n+](Cc2ccc(Cl)c(Cl)c2)cc1. The van der Waals surface area contributed by atoms with E-state index in [0.29, 0.717) is 10.0 Å². The lowest BCUT2D eigenvalue weighted by molar-refractivity contribution is -0.688. The summed E-state index contributed by atoms with van der Waals surface area (Å²) in [5.41, 5.74) is 2.22. The first-order valence-electron chi connectivity index (χ1n) is 5.30. The summed E-state index contributed by atoms with van der Waals surface area (Å²) in [6.45, 7) is 0.779. The predicted octanol–water partition coefficient (Wildman–Crippen LogP) is 3.37. The van der Waals surface area contributed by atoms with Gasteiger partial charge in [0.2, 0.25) is 0 Å². The molecule has 4 heteroatoms. The Labute approximate surface area is 111 Å². The van der Waals surface area contributed by atoms with E-state index >= 15 is 0 Å². The normalized spacial score (nSPS) is 10.3. The molecule has 0 aliphatic heterocycles. The Morgan fingerprint density at radius 2 is 1.76 bits per heavy atom. The summed E-state index contributed by atoms with van der Waals surface area (Å²) in [4.78, 5) is 0. The molecule has 1 aromatic heterocycles. The third-order valence-electron chi connectivity index (χ3n) is 2.53. The molecule has 0 fully saturated rings. The molecule has 0 amide bonds. The second kappa shape index (κ2) is 5.39. The van der Waals surface area contributed by atoms with Gasteiger partial charge in [0.15, 0.2) is 18.9 Å². The lowest BCUT2D eigenvalue weighted by Gasteiger charge is -2.01. The molecule has 0 bridgehead atoms. The first-order chi connectivity index (χ1) is 8.19. The van der Waals surface area contributed by atoms with E-state index in [2.05, 4.69) is 9.88 Å². The van der Waals surface area contributed by atoms with Crippen molar-refractivity contribution >= 4 is 28.9 Å². The minimum Gasteiger partial charge on any atom is -0.388 e. The van der Waals surface area contributed by atoms with Crippen LogP contribution in [-0.2, 0) is 6.54 Å². The summed E-state index contributed by atoms with van der Waals surface area (Å²) >= 11 is 11.9. The zero-order valence-corrected chi connectivity index (χ0v) is 11.0. The zero-order valence-electron chi connectivity index (χ0n) is 9.45. The number of nitrogens with one attached hydrogen (secondary N) is 1. The molecule has 0 unspecified atom stereocenters. The highest BCUT2D eigenvalue weighted by atomic mass is 35.5. The van der Waals surface area contributed by atoms with Gasteiger partial charge in [-0.2, -0.15) is 0 Å². The van der Waals surface area contributed by atoms with E-state index in [1.807, 2.05) is 49.8 Å². The maximum Gasteiger partial charge on any atom is 0.173 e. The second-order valence-corrected chi connectivity index (χ2v) is 4.57. The monoisotopic (exact) mass is 267 g/mol. The molecule has 2 nitrogen and oxygen atoms in total. The molecular weight excluding hydrogens is 255 g/mol. The quantitative estimate of drug-likeness (QED) is 0.844. The molecule has 0 radical (unpaired) electrons. The number of halogens is 2. The lowest BCUT2D eigenvalue weighted by atomic mass is 10.2. The van der Waals surface area contributed by atoms with Gasteiger partial charge in [-0.15, -0.1) is 0 Å². The van der Waals surface area contributed by atoms with Crippen LogP contribution in [0.4, 0.5) is 5.69 Å². The minimum absolute atomic E-state index is 0.589. The van der Waals surface area contributed by atoms with Crippen molar-refractivity contribution < 1.29 is 4.57 Å². The van der Waals surface area contributed by atoms with E-state index in [0.717, 1.165) is 17.8 Å². The molecule has 1 aromatic carbocycles. The summed E-state index contributed by atoms with van der Waals surface area (Å²) < 4.78 is 2.08. The fourth-order valence-corrected chi connectivity index (χ4v) is 1.90. The Balaban J connectivity index is 2.16. The van der Waals surface area contributed by atoms with E-state index in [1.165, 1.54) is 0 Å². The molecular formula is C13H13Cl2N2+. The Bertz CT molecular complexity index is 509. The van der Waals surface area contributed by atoms with Crippen LogP contribution in [0, 0.1) is 0 Å². The van der Waals surface area contributed by atoms with Gasteiger partial charge in [-0.05, 0) is 12.1 Å². The highest BCUT2D eigenvalue weighted by molar-refractivity contribution is 6.42. The first-order valence-corrected chi connectivity index (χ1v) is 6.05. The maximum absolute atomic E-state index is 5.98. The molecule has 2 aromatic rings. The third kappa shape index (κ3) is 3.11. The first kappa shape index (κ1) is 12.2. The number of aromatic nitrogens is 1. The number of pyridine rings is 1. The highest BCUT2D eigenvalue weighted by Crippen LogP contribution is 2.22. The van der Waals surface area contributed by atoms with Gasteiger partial charge < -0.3 is 5.32 Å². The van der Waals surface area contributed by atoms with Crippen LogP contribution in [0.2, 0.25) is 10.0 Å². The van der Waals surface area contributed by atoms with Gasteiger partial charge in [0, 0.05) is 30.4 Å². The topological polar surface area (TPSA) is 15.9 Å². The van der Waals surface area contributed by atoms with Crippen molar-refractivity contribution in [3.8, 4) is 0 Å². The number of rotatable bonds is 3. The number of hydrogen-bond donors (Lipinski definition) is 1. The van der Waals surface area contributed by atoms with Crippen molar-refractivity contribution in [1.29, 1.82) is 0 Å². The number of nitrogens with zero attached hydrogens (tertiary/aromatic N) is 1. The van der Waals surface area contributed by atoms with Crippen LogP contribution < -0.4 is 9.88 Å². The molecule has 0 atom stereocenters. The maximum atomic E-state index is 5.98. The van der Waals surface area contributed by atoms with Gasteiger partial charge in [0.1, 0.15) is 0 Å². The van der Waals surface area contributed by atoms with Crippen molar-refractivity contribution in [3.05, 3.63) is 58.3 Å². The van der Waals surface area contributed by atoms with Crippen LogP contribution in [0.15, 0.2) is 42.7 Å². The Kier molecular flexibility index (Phi) is 3.87. The summed E-state index contributed by atoms with van der Waals surface area (Å²) in [7, 11) is 1.90. The van der Waals surface area contributed by atoms with Gasteiger partial charge in [-0.3, -0.25) is 0 Å². The Hall–Kier alpha value is -1.25. The fraction of sp³-hybridized carbons (Fsp3) is 0.154. The molecule has 2 rings (SSSR count). The van der Waals surface area contributed by atoms with Crippen LogP contribution in [0.1, 0.15) is 5.56 Å². The van der Waals surface area contributed by atoms with E-state index in [9.17, 15) is 0 Å². The average molecular weight is 268 g/mol. The minimum atomic E-state index is 0.589. The summed E-state index contributed by atoms with van der Waals surface area (Å²) in [5.74, 6) is 0. The van der Waals surface area contributed by atoms with E-state index < -0.39 is 0 Å². The van der Waals surface area contributed by atoms with Crippen molar-refractivity contribution in [1.82, 2.24) is 0 Å². The average Bonchev–Trinajstić information content (AvgIpc) is 2.35. The van der Waals surface area contributed by atoms with Crippen LogP contribution >= 0.6 is 23.2 Å². The molecule has 0 aliphatic carbocycles. The van der Waals surface area contributed by atoms with Gasteiger partial charge in [-0.1, -0.05) is 29.3 Å². The number of benzene rings is 1. The summed E-state index contributed by atoms with van der Waals surface area (Å²) in [6.07, 6.45) is 4.04. The Morgan fingerprint density at radius 1 is 1.06 bits per heavy atom. The molecule has 0 saturated heterocycles. The van der Waals surface area contributed by atoms with Crippen molar-refractivity contribution in [2.24, 2.45) is 0 Å². The van der Waals surface area contributed by atoms with E-state index in [4.69, 9.17) is 23.2 Å². The fourth-order valence-electron chi connectivity index (χ4n) is 1.58. The second-order valence-electron chi connectivity index (χ2n) is 3.76. The van der Waals surface area contributed by atoms with Crippen LogP contribution in [0.5, 0.6) is 0 Å². The predicted molar refractivity (Wildman–Crippen MR) is 71.7 cm³/mol. The third-order valence-corrected chi connectivity index (χ3v) is 3.27. The lowest BCUT2D eigenvalue weighted by Crippen LogP contribution is -2.33. The molecule has 0 saturated carbocycles. The van der Waals surface area contributed by atoms with Crippen molar-refractivity contribution in [2.45, 2.75) is 6.54 Å². The molecule has 0 aliphatic rings. The van der Waals surface area contributed by atoms with Crippen LogP contribution in [-0.4, -0.2) is 7.05 Å². The van der Waals surface area contributed by atoms with Gasteiger partial charge >= 0.3 is 0 Å². The highest BCUT2D eigenvalue weighted by Gasteiger charge is 2.05. The van der Waals surface area contributed by atoms with Crippen molar-refractivity contribution in [3.63, 3.8) is 0 Å². The summed E-state index contributed by atoms with van der Waals surface area (Å²) in [6, 6.07) is 9.74. The van der Waals surface area contributed by atoms with E-state index in [-0.39, 0.29) is 0 Å².